The third-order valence-corrected chi connectivity index (χ3v) is 2.96. The van der Waals surface area contributed by atoms with E-state index in [9.17, 15) is 4.57 Å². The third kappa shape index (κ3) is 3.07. The Kier molecular flexibility index (Phi) is 3.87. The molecule has 80 valence electrons. The van der Waals surface area contributed by atoms with Crippen LogP contribution in [0.15, 0.2) is 24.3 Å². The second kappa shape index (κ2) is 4.94. The highest BCUT2D eigenvalue weighted by Gasteiger charge is 2.24. The van der Waals surface area contributed by atoms with Crippen molar-refractivity contribution >= 4 is 7.82 Å². The number of benzene rings is 1. The highest BCUT2D eigenvalue weighted by Crippen LogP contribution is 2.47. The SMILES string of the molecule is COP(=O)(OC)Oc1cccc(C#N)c1. The summed E-state index contributed by atoms with van der Waals surface area (Å²) in [7, 11) is -1.10. The summed E-state index contributed by atoms with van der Waals surface area (Å²) in [6, 6.07) is 8.17. The molecule has 0 aliphatic rings. The van der Waals surface area contributed by atoms with Crippen LogP contribution in [0.4, 0.5) is 0 Å². The lowest BCUT2D eigenvalue weighted by Crippen LogP contribution is -1.97. The fraction of sp³-hybridized carbons (Fsp3) is 0.222. The van der Waals surface area contributed by atoms with Gasteiger partial charge < -0.3 is 4.52 Å². The maximum Gasteiger partial charge on any atom is 0.529 e. The summed E-state index contributed by atoms with van der Waals surface area (Å²) in [6.45, 7) is 0. The van der Waals surface area contributed by atoms with Crippen LogP contribution in [0.25, 0.3) is 0 Å². The van der Waals surface area contributed by atoms with Gasteiger partial charge in [0.05, 0.1) is 11.6 Å². The van der Waals surface area contributed by atoms with Crippen LogP contribution in [-0.4, -0.2) is 14.2 Å². The molecular formula is C9H10NO4P. The summed E-state index contributed by atoms with van der Waals surface area (Å²) in [6.07, 6.45) is 0. The van der Waals surface area contributed by atoms with Gasteiger partial charge in [-0.3, -0.25) is 9.05 Å². The lowest BCUT2D eigenvalue weighted by molar-refractivity contribution is 0.211. The van der Waals surface area contributed by atoms with Crippen LogP contribution in [0.2, 0.25) is 0 Å². The van der Waals surface area contributed by atoms with Crippen LogP contribution in [-0.2, 0) is 13.6 Å². The van der Waals surface area contributed by atoms with Crippen LogP contribution in [0.3, 0.4) is 0 Å². The van der Waals surface area contributed by atoms with E-state index in [1.54, 1.807) is 18.2 Å². The van der Waals surface area contributed by atoms with E-state index >= 15 is 0 Å². The zero-order valence-electron chi connectivity index (χ0n) is 8.34. The van der Waals surface area contributed by atoms with E-state index in [-0.39, 0.29) is 5.75 Å². The van der Waals surface area contributed by atoms with Crippen molar-refractivity contribution in [1.29, 1.82) is 5.26 Å². The Morgan fingerprint density at radius 2 is 2.00 bits per heavy atom. The summed E-state index contributed by atoms with van der Waals surface area (Å²) < 4.78 is 25.8. The molecule has 0 atom stereocenters. The summed E-state index contributed by atoms with van der Waals surface area (Å²) in [4.78, 5) is 0. The number of phosphoric acid groups is 1. The van der Waals surface area contributed by atoms with E-state index in [0.717, 1.165) is 0 Å². The Bertz CT molecular complexity index is 418. The summed E-state index contributed by atoms with van der Waals surface area (Å²) >= 11 is 0. The quantitative estimate of drug-likeness (QED) is 0.738. The fourth-order valence-electron chi connectivity index (χ4n) is 0.901. The van der Waals surface area contributed by atoms with E-state index in [1.165, 1.54) is 20.3 Å². The molecule has 1 aromatic carbocycles. The van der Waals surface area contributed by atoms with Gasteiger partial charge in [0, 0.05) is 14.2 Å². The standard InChI is InChI=1S/C9H10NO4P/c1-12-15(11,13-2)14-9-5-3-4-8(6-9)7-10/h3-6H,1-2H3. The molecule has 0 saturated heterocycles. The molecule has 0 unspecified atom stereocenters. The number of rotatable bonds is 4. The van der Waals surface area contributed by atoms with Gasteiger partial charge in [-0.25, -0.2) is 4.57 Å². The highest BCUT2D eigenvalue weighted by molar-refractivity contribution is 7.48. The molecule has 15 heavy (non-hydrogen) atoms. The fourth-order valence-corrected chi connectivity index (χ4v) is 1.57. The van der Waals surface area contributed by atoms with Gasteiger partial charge in [-0.2, -0.15) is 5.26 Å². The largest absolute Gasteiger partial charge is 0.529 e. The number of nitriles is 1. The lowest BCUT2D eigenvalue weighted by atomic mass is 10.2. The van der Waals surface area contributed by atoms with Crippen LogP contribution in [0, 0.1) is 11.3 Å². The Labute approximate surface area is 87.8 Å². The second-order valence-electron chi connectivity index (χ2n) is 2.54. The lowest BCUT2D eigenvalue weighted by Gasteiger charge is -2.13. The Morgan fingerprint density at radius 1 is 1.33 bits per heavy atom. The van der Waals surface area contributed by atoms with Crippen molar-refractivity contribution in [2.24, 2.45) is 0 Å². The molecule has 0 bridgehead atoms. The molecule has 5 nitrogen and oxygen atoms in total. The zero-order valence-corrected chi connectivity index (χ0v) is 9.23. The molecule has 0 saturated carbocycles. The first kappa shape index (κ1) is 11.7. The van der Waals surface area contributed by atoms with Crippen LogP contribution >= 0.6 is 7.82 Å². The minimum atomic E-state index is -3.54. The monoisotopic (exact) mass is 227 g/mol. The Morgan fingerprint density at radius 3 is 2.53 bits per heavy atom. The topological polar surface area (TPSA) is 68.6 Å². The molecule has 0 spiro atoms. The van der Waals surface area contributed by atoms with Crippen molar-refractivity contribution in [3.8, 4) is 11.8 Å². The molecular weight excluding hydrogens is 217 g/mol. The predicted molar refractivity (Wildman–Crippen MR) is 53.4 cm³/mol. The average Bonchev–Trinajstić information content (AvgIpc) is 2.29. The number of nitrogens with zero attached hydrogens (tertiary/aromatic N) is 1. The summed E-state index contributed by atoms with van der Waals surface area (Å²) in [5.41, 5.74) is 0.409. The number of phosphoric ester groups is 1. The molecule has 0 radical (unpaired) electrons. The number of hydrogen-bond donors (Lipinski definition) is 0. The van der Waals surface area contributed by atoms with Gasteiger partial charge >= 0.3 is 7.82 Å². The average molecular weight is 227 g/mol. The van der Waals surface area contributed by atoms with Crippen molar-refractivity contribution in [1.82, 2.24) is 0 Å². The molecule has 0 amide bonds. The highest BCUT2D eigenvalue weighted by atomic mass is 31.2. The molecule has 0 N–H and O–H groups in total. The van der Waals surface area contributed by atoms with E-state index in [2.05, 4.69) is 9.05 Å². The maximum absolute atomic E-state index is 11.6. The van der Waals surface area contributed by atoms with E-state index < -0.39 is 7.82 Å². The molecule has 0 fully saturated rings. The van der Waals surface area contributed by atoms with Gasteiger partial charge in [0.1, 0.15) is 5.75 Å². The number of hydrogen-bond acceptors (Lipinski definition) is 5. The Hall–Kier alpha value is -1.34. The zero-order chi connectivity index (χ0) is 11.3. The first-order chi connectivity index (χ1) is 7.13. The van der Waals surface area contributed by atoms with Crippen LogP contribution in [0.5, 0.6) is 5.75 Å². The van der Waals surface area contributed by atoms with Gasteiger partial charge in [-0.05, 0) is 18.2 Å². The molecule has 1 rings (SSSR count). The van der Waals surface area contributed by atoms with Crippen molar-refractivity contribution < 1.29 is 18.1 Å². The molecule has 6 heteroatoms. The summed E-state index contributed by atoms with van der Waals surface area (Å²) in [5, 5.41) is 8.64. The van der Waals surface area contributed by atoms with E-state index in [1.807, 2.05) is 6.07 Å². The van der Waals surface area contributed by atoms with Crippen molar-refractivity contribution in [3.63, 3.8) is 0 Å². The van der Waals surface area contributed by atoms with Gasteiger partial charge in [-0.15, -0.1) is 0 Å². The third-order valence-electron chi connectivity index (χ3n) is 1.63. The van der Waals surface area contributed by atoms with Gasteiger partial charge in [-0.1, -0.05) is 6.07 Å². The van der Waals surface area contributed by atoms with E-state index in [0.29, 0.717) is 5.56 Å². The molecule has 0 aliphatic carbocycles. The Balaban J connectivity index is 2.90. The first-order valence-electron chi connectivity index (χ1n) is 4.05. The predicted octanol–water partition coefficient (Wildman–Crippen LogP) is 2.34. The van der Waals surface area contributed by atoms with Crippen molar-refractivity contribution in [3.05, 3.63) is 29.8 Å². The van der Waals surface area contributed by atoms with E-state index in [4.69, 9.17) is 9.79 Å². The molecule has 0 heterocycles. The second-order valence-corrected chi connectivity index (χ2v) is 4.35. The molecule has 1 aromatic rings. The molecule has 0 aromatic heterocycles. The van der Waals surface area contributed by atoms with Crippen molar-refractivity contribution in [2.75, 3.05) is 14.2 Å². The minimum Gasteiger partial charge on any atom is -0.404 e. The van der Waals surface area contributed by atoms with Crippen LogP contribution < -0.4 is 4.52 Å². The van der Waals surface area contributed by atoms with Gasteiger partial charge in [0.15, 0.2) is 0 Å². The van der Waals surface area contributed by atoms with Gasteiger partial charge in [0.2, 0.25) is 0 Å². The van der Waals surface area contributed by atoms with Gasteiger partial charge in [0.25, 0.3) is 0 Å². The smallest absolute Gasteiger partial charge is 0.404 e. The maximum atomic E-state index is 11.6. The normalized spacial score (nSPS) is 10.7. The minimum absolute atomic E-state index is 0.265. The van der Waals surface area contributed by atoms with Crippen LogP contribution in [0.1, 0.15) is 5.56 Å². The molecule has 0 aliphatic heterocycles. The van der Waals surface area contributed by atoms with Crippen molar-refractivity contribution in [2.45, 2.75) is 0 Å². The first-order valence-corrected chi connectivity index (χ1v) is 5.51. The summed E-state index contributed by atoms with van der Waals surface area (Å²) in [5.74, 6) is 0.265.